The van der Waals surface area contributed by atoms with E-state index in [0.717, 1.165) is 35.5 Å². The molecular weight excluding hydrogens is 715 g/mol. The van der Waals surface area contributed by atoms with Crippen LogP contribution in [0.5, 0.6) is 5.75 Å². The highest BCUT2D eigenvalue weighted by Gasteiger charge is 2.34. The molecule has 2 aliphatic heterocycles. The Labute approximate surface area is 326 Å². The van der Waals surface area contributed by atoms with E-state index < -0.39 is 12.7 Å². The summed E-state index contributed by atoms with van der Waals surface area (Å²) in [7, 11) is 0. The highest BCUT2D eigenvalue weighted by Crippen LogP contribution is 2.23. The van der Waals surface area contributed by atoms with Crippen LogP contribution in [-0.4, -0.2) is 102 Å². The van der Waals surface area contributed by atoms with Crippen molar-refractivity contribution >= 4 is 29.5 Å². The van der Waals surface area contributed by atoms with Gasteiger partial charge in [0.2, 0.25) is 17.7 Å². The summed E-state index contributed by atoms with van der Waals surface area (Å²) in [5, 5.41) is 9.16. The quantitative estimate of drug-likeness (QED) is 0.158. The van der Waals surface area contributed by atoms with Gasteiger partial charge in [-0.05, 0) is 64.7 Å². The molecule has 2 aliphatic rings. The van der Waals surface area contributed by atoms with Crippen LogP contribution in [0.15, 0.2) is 109 Å². The van der Waals surface area contributed by atoms with Crippen molar-refractivity contribution < 1.29 is 27.9 Å². The second-order valence-corrected chi connectivity index (χ2v) is 14.0. The lowest BCUT2D eigenvalue weighted by molar-refractivity contribution is -0.145. The summed E-state index contributed by atoms with van der Waals surface area (Å²) in [6.07, 6.45) is 3.34. The maximum atomic E-state index is 14.7. The van der Waals surface area contributed by atoms with Crippen molar-refractivity contribution in [1.82, 2.24) is 19.6 Å². The first kappa shape index (κ1) is 39.6. The molecule has 4 aromatic carbocycles. The third-order valence-corrected chi connectivity index (χ3v) is 10.3. The Kier molecular flexibility index (Phi) is 13.4. The van der Waals surface area contributed by atoms with Crippen LogP contribution in [0.25, 0.3) is 6.08 Å². The van der Waals surface area contributed by atoms with Gasteiger partial charge in [-0.15, -0.1) is 0 Å². The minimum Gasteiger partial charge on any atom is -0.435 e. The summed E-state index contributed by atoms with van der Waals surface area (Å²) in [5.41, 5.74) is 5.10. The largest absolute Gasteiger partial charge is 0.435 e. The van der Waals surface area contributed by atoms with Gasteiger partial charge < -0.3 is 24.3 Å². The molecule has 0 bridgehead atoms. The van der Waals surface area contributed by atoms with Crippen molar-refractivity contribution in [1.29, 1.82) is 5.26 Å². The number of nitriles is 1. The van der Waals surface area contributed by atoms with Crippen LogP contribution in [0.2, 0.25) is 0 Å². The molecular formula is C44H46F2N6O4. The van der Waals surface area contributed by atoms with Gasteiger partial charge in [-0.25, -0.2) is 0 Å². The highest BCUT2D eigenvalue weighted by atomic mass is 19.3. The smallest absolute Gasteiger partial charge is 0.387 e. The van der Waals surface area contributed by atoms with Crippen LogP contribution in [0.3, 0.4) is 0 Å². The molecule has 0 aliphatic carbocycles. The summed E-state index contributed by atoms with van der Waals surface area (Å²) in [6.45, 7) is 4.57. The number of hydrogen-bond donors (Lipinski definition) is 0. The zero-order valence-corrected chi connectivity index (χ0v) is 31.5. The van der Waals surface area contributed by atoms with Gasteiger partial charge in [0.25, 0.3) is 0 Å². The summed E-state index contributed by atoms with van der Waals surface area (Å²) < 4.78 is 29.9. The Morgan fingerprint density at radius 1 is 0.768 bits per heavy atom. The van der Waals surface area contributed by atoms with Gasteiger partial charge in [-0.3, -0.25) is 19.3 Å². The fraction of sp³-hybridized carbons (Fsp3) is 0.318. The van der Waals surface area contributed by atoms with Gasteiger partial charge in [0.15, 0.2) is 0 Å². The standard InChI is InChI=1S/C44H46F2N6O4/c1-33(53)49-25-27-50(28-26-49)39-16-11-38(12-17-39)32-52(42(54)20-15-34-13-18-40(19-14-34)56-44(45)46)41(29-35-5-3-2-4-6-35)43(55)51-23-21-48(22-24-51)31-37-9-7-36(30-47)8-10-37/h2-20,41,44H,21-29,31-32H2,1H3/t41-/m0/s1. The molecule has 3 amide bonds. The minimum atomic E-state index is -2.94. The van der Waals surface area contributed by atoms with Crippen molar-refractivity contribution in [3.05, 3.63) is 137 Å². The average molecular weight is 761 g/mol. The number of rotatable bonds is 13. The fourth-order valence-corrected chi connectivity index (χ4v) is 7.10. The molecule has 1 atom stereocenters. The number of carbonyl (C=O) groups excluding carboxylic acids is 3. The first-order valence-electron chi connectivity index (χ1n) is 18.8. The number of halogens is 2. The Morgan fingerprint density at radius 2 is 1.39 bits per heavy atom. The predicted molar refractivity (Wildman–Crippen MR) is 211 cm³/mol. The molecule has 0 aromatic heterocycles. The number of carbonyl (C=O) groups is 3. The van der Waals surface area contributed by atoms with Crippen LogP contribution < -0.4 is 9.64 Å². The number of amides is 3. The topological polar surface area (TPSA) is 100 Å². The number of benzene rings is 4. The zero-order chi connectivity index (χ0) is 39.4. The molecule has 0 radical (unpaired) electrons. The van der Waals surface area contributed by atoms with E-state index in [2.05, 4.69) is 20.6 Å². The van der Waals surface area contributed by atoms with E-state index in [9.17, 15) is 23.2 Å². The van der Waals surface area contributed by atoms with Crippen LogP contribution >= 0.6 is 0 Å². The van der Waals surface area contributed by atoms with Gasteiger partial charge in [0, 0.05) is 90.6 Å². The maximum Gasteiger partial charge on any atom is 0.387 e. The first-order chi connectivity index (χ1) is 27.1. The lowest BCUT2D eigenvalue weighted by atomic mass is 10.0. The Morgan fingerprint density at radius 3 is 2.00 bits per heavy atom. The second kappa shape index (κ2) is 19.0. The van der Waals surface area contributed by atoms with Gasteiger partial charge in [0.1, 0.15) is 11.8 Å². The van der Waals surface area contributed by atoms with Crippen molar-refractivity contribution in [2.24, 2.45) is 0 Å². The number of anilines is 1. The van der Waals surface area contributed by atoms with Gasteiger partial charge in [-0.2, -0.15) is 14.0 Å². The molecule has 0 spiro atoms. The van der Waals surface area contributed by atoms with Crippen molar-refractivity contribution in [3.63, 3.8) is 0 Å². The highest BCUT2D eigenvalue weighted by molar-refractivity contribution is 5.96. The molecule has 10 nitrogen and oxygen atoms in total. The SMILES string of the molecule is CC(=O)N1CCN(c2ccc(CN(C(=O)C=Cc3ccc(OC(F)F)cc3)[C@@H](Cc3ccccc3)C(=O)N3CCN(Cc4ccc(C#N)cc4)CC3)cc2)CC1. The minimum absolute atomic E-state index is 0.0137. The monoisotopic (exact) mass is 760 g/mol. The molecule has 0 unspecified atom stereocenters. The summed E-state index contributed by atoms with van der Waals surface area (Å²) in [4.78, 5) is 50.7. The Balaban J connectivity index is 1.23. The van der Waals surface area contributed by atoms with Crippen LogP contribution in [-0.2, 0) is 33.9 Å². The summed E-state index contributed by atoms with van der Waals surface area (Å²) >= 11 is 0. The fourth-order valence-electron chi connectivity index (χ4n) is 7.10. The molecule has 0 saturated carbocycles. The van der Waals surface area contributed by atoms with E-state index in [-0.39, 0.29) is 30.0 Å². The number of hydrogen-bond acceptors (Lipinski definition) is 7. The molecule has 2 heterocycles. The molecule has 4 aromatic rings. The number of alkyl halides is 2. The third kappa shape index (κ3) is 10.8. The molecule has 12 heteroatoms. The summed E-state index contributed by atoms with van der Waals surface area (Å²) in [6, 6.07) is 32.5. The van der Waals surface area contributed by atoms with Crippen LogP contribution in [0.1, 0.15) is 34.7 Å². The van der Waals surface area contributed by atoms with E-state index in [1.54, 1.807) is 30.0 Å². The van der Waals surface area contributed by atoms with Crippen molar-refractivity contribution in [3.8, 4) is 11.8 Å². The van der Waals surface area contributed by atoms with E-state index in [1.165, 1.54) is 18.2 Å². The van der Waals surface area contributed by atoms with Gasteiger partial charge in [0.05, 0.1) is 11.6 Å². The lowest BCUT2D eigenvalue weighted by Crippen LogP contribution is -2.56. The van der Waals surface area contributed by atoms with Crippen molar-refractivity contribution in [2.45, 2.75) is 39.1 Å². The molecule has 6 rings (SSSR count). The molecule has 2 fully saturated rings. The van der Waals surface area contributed by atoms with Gasteiger partial charge in [-0.1, -0.05) is 66.7 Å². The number of ether oxygens (including phenoxy) is 1. The average Bonchev–Trinajstić information content (AvgIpc) is 3.22. The second-order valence-electron chi connectivity index (χ2n) is 14.0. The van der Waals surface area contributed by atoms with Crippen LogP contribution in [0.4, 0.5) is 14.5 Å². The van der Waals surface area contributed by atoms with Crippen molar-refractivity contribution in [2.75, 3.05) is 57.3 Å². The van der Waals surface area contributed by atoms with Crippen LogP contribution in [0, 0.1) is 11.3 Å². The summed E-state index contributed by atoms with van der Waals surface area (Å²) in [5.74, 6) is -0.417. The number of piperazine rings is 2. The van der Waals surface area contributed by atoms with E-state index in [1.807, 2.05) is 88.7 Å². The van der Waals surface area contributed by atoms with E-state index >= 15 is 0 Å². The lowest BCUT2D eigenvalue weighted by Gasteiger charge is -2.39. The van der Waals surface area contributed by atoms with E-state index in [4.69, 9.17) is 5.26 Å². The molecule has 2 saturated heterocycles. The molecule has 0 N–H and O–H groups in total. The maximum absolute atomic E-state index is 14.7. The van der Waals surface area contributed by atoms with Gasteiger partial charge >= 0.3 is 6.61 Å². The zero-order valence-electron chi connectivity index (χ0n) is 31.5. The Hall–Kier alpha value is -6.06. The first-order valence-corrected chi connectivity index (χ1v) is 18.8. The number of nitrogens with zero attached hydrogens (tertiary/aromatic N) is 6. The molecule has 56 heavy (non-hydrogen) atoms. The molecule has 290 valence electrons. The van der Waals surface area contributed by atoms with E-state index in [0.29, 0.717) is 63.4 Å². The normalized spacial score (nSPS) is 15.4. The Bertz CT molecular complexity index is 1990. The predicted octanol–water partition coefficient (Wildman–Crippen LogP) is 5.83. The third-order valence-electron chi connectivity index (χ3n) is 10.3.